The molecule has 0 saturated carbocycles. The number of carbonyl (C=O) groups is 1. The van der Waals surface area contributed by atoms with Gasteiger partial charge < -0.3 is 14.2 Å². The van der Waals surface area contributed by atoms with Crippen molar-refractivity contribution in [3.05, 3.63) is 23.8 Å². The predicted octanol–water partition coefficient (Wildman–Crippen LogP) is 2.84. The average Bonchev–Trinajstić information content (AvgIpc) is 2.83. The molecule has 104 valence electrons. The maximum Gasteiger partial charge on any atom is 0.171 e. The highest BCUT2D eigenvalue weighted by atomic mass is 16.6. The van der Waals surface area contributed by atoms with E-state index in [1.54, 1.807) is 12.1 Å². The third-order valence-corrected chi connectivity index (χ3v) is 3.17. The lowest BCUT2D eigenvalue weighted by molar-refractivity contribution is 0.0256. The smallest absolute Gasteiger partial charge is 0.171 e. The van der Waals surface area contributed by atoms with E-state index in [1.165, 1.54) is 0 Å². The molecule has 0 N–H and O–H groups in total. The third-order valence-electron chi connectivity index (χ3n) is 3.17. The van der Waals surface area contributed by atoms with Crippen LogP contribution in [0.5, 0.6) is 11.5 Å². The number of ether oxygens (including phenoxy) is 3. The Hall–Kier alpha value is -1.55. The van der Waals surface area contributed by atoms with Crippen molar-refractivity contribution in [1.82, 2.24) is 0 Å². The maximum absolute atomic E-state index is 11.1. The Balaban J connectivity index is 2.06. The second-order valence-electron chi connectivity index (χ2n) is 4.68. The van der Waals surface area contributed by atoms with Gasteiger partial charge in [-0.3, -0.25) is 4.79 Å². The molecule has 0 aromatic heterocycles. The van der Waals surface area contributed by atoms with Gasteiger partial charge in [0.15, 0.2) is 17.8 Å². The minimum Gasteiger partial charge on any atom is -0.490 e. The summed E-state index contributed by atoms with van der Waals surface area (Å²) in [5, 5.41) is 0. The molecule has 1 aliphatic heterocycles. The number of para-hydroxylation sites is 1. The van der Waals surface area contributed by atoms with Gasteiger partial charge in [-0.2, -0.15) is 0 Å². The Labute approximate surface area is 113 Å². The molecule has 1 saturated heterocycles. The van der Waals surface area contributed by atoms with Gasteiger partial charge in [0, 0.05) is 0 Å². The highest BCUT2D eigenvalue weighted by molar-refractivity contribution is 5.81. The summed E-state index contributed by atoms with van der Waals surface area (Å²) < 4.78 is 17.0. The number of aldehydes is 1. The fourth-order valence-corrected chi connectivity index (χ4v) is 2.23. The molecule has 1 heterocycles. The first-order chi connectivity index (χ1) is 9.24. The molecular formula is C15H20O4. The lowest BCUT2D eigenvalue weighted by atomic mass is 10.2. The van der Waals surface area contributed by atoms with Crippen molar-refractivity contribution < 1.29 is 19.0 Å². The van der Waals surface area contributed by atoms with Gasteiger partial charge in [-0.05, 0) is 38.8 Å². The number of carbonyl (C=O) groups excluding carboxylic acids is 1. The summed E-state index contributed by atoms with van der Waals surface area (Å²) in [6.07, 6.45) is 3.23. The summed E-state index contributed by atoms with van der Waals surface area (Å²) in [4.78, 5) is 11.1. The molecule has 0 bridgehead atoms. The summed E-state index contributed by atoms with van der Waals surface area (Å²) in [6, 6.07) is 5.32. The van der Waals surface area contributed by atoms with Crippen LogP contribution < -0.4 is 9.47 Å². The summed E-state index contributed by atoms with van der Waals surface area (Å²) >= 11 is 0. The van der Waals surface area contributed by atoms with Crippen LogP contribution >= 0.6 is 0 Å². The zero-order chi connectivity index (χ0) is 13.7. The number of hydrogen-bond acceptors (Lipinski definition) is 4. The quantitative estimate of drug-likeness (QED) is 0.741. The number of hydrogen-bond donors (Lipinski definition) is 0. The Morgan fingerprint density at radius 3 is 2.84 bits per heavy atom. The van der Waals surface area contributed by atoms with Crippen molar-refractivity contribution in [3.8, 4) is 11.5 Å². The van der Waals surface area contributed by atoms with E-state index in [4.69, 9.17) is 14.2 Å². The monoisotopic (exact) mass is 264 g/mol. The fourth-order valence-electron chi connectivity index (χ4n) is 2.23. The van der Waals surface area contributed by atoms with Crippen LogP contribution in [-0.4, -0.2) is 31.7 Å². The molecule has 2 atom stereocenters. The maximum atomic E-state index is 11.1. The van der Waals surface area contributed by atoms with Crippen LogP contribution in [0.4, 0.5) is 0 Å². The van der Waals surface area contributed by atoms with Gasteiger partial charge in [-0.1, -0.05) is 6.07 Å². The topological polar surface area (TPSA) is 44.8 Å². The van der Waals surface area contributed by atoms with Crippen LogP contribution in [0.15, 0.2) is 18.2 Å². The molecule has 2 unspecified atom stereocenters. The van der Waals surface area contributed by atoms with Crippen molar-refractivity contribution in [1.29, 1.82) is 0 Å². The van der Waals surface area contributed by atoms with Gasteiger partial charge in [0.25, 0.3) is 0 Å². The SMILES string of the molecule is CCOc1cccc(C=O)c1OCC1CCC(C)O1. The van der Waals surface area contributed by atoms with E-state index in [2.05, 4.69) is 6.92 Å². The summed E-state index contributed by atoms with van der Waals surface area (Å²) in [5.41, 5.74) is 0.511. The van der Waals surface area contributed by atoms with Crippen LogP contribution in [0, 0.1) is 0 Å². The van der Waals surface area contributed by atoms with E-state index < -0.39 is 0 Å². The van der Waals surface area contributed by atoms with Crippen LogP contribution in [0.1, 0.15) is 37.0 Å². The molecule has 0 radical (unpaired) electrons. The molecule has 2 rings (SSSR count). The Kier molecular flexibility index (Phi) is 4.80. The molecule has 4 heteroatoms. The van der Waals surface area contributed by atoms with E-state index in [0.717, 1.165) is 19.1 Å². The summed E-state index contributed by atoms with van der Waals surface area (Å²) in [7, 11) is 0. The van der Waals surface area contributed by atoms with Crippen molar-refractivity contribution in [3.63, 3.8) is 0 Å². The number of benzene rings is 1. The highest BCUT2D eigenvalue weighted by Gasteiger charge is 2.23. The van der Waals surface area contributed by atoms with Crippen LogP contribution in [0.25, 0.3) is 0 Å². The first-order valence-corrected chi connectivity index (χ1v) is 6.73. The van der Waals surface area contributed by atoms with Crippen molar-refractivity contribution in [2.45, 2.75) is 38.9 Å². The molecule has 1 fully saturated rings. The highest BCUT2D eigenvalue weighted by Crippen LogP contribution is 2.31. The number of rotatable bonds is 6. The largest absolute Gasteiger partial charge is 0.490 e. The minimum absolute atomic E-state index is 0.101. The first kappa shape index (κ1) is 13.9. The molecule has 1 aliphatic rings. The molecule has 4 nitrogen and oxygen atoms in total. The molecular weight excluding hydrogens is 244 g/mol. The minimum atomic E-state index is 0.101. The van der Waals surface area contributed by atoms with E-state index in [-0.39, 0.29) is 6.10 Å². The molecule has 0 aliphatic carbocycles. The molecule has 1 aromatic rings. The Bertz CT molecular complexity index is 430. The van der Waals surface area contributed by atoms with Gasteiger partial charge in [0.05, 0.1) is 24.4 Å². The van der Waals surface area contributed by atoms with Gasteiger partial charge in [0.2, 0.25) is 0 Å². The summed E-state index contributed by atoms with van der Waals surface area (Å²) in [5.74, 6) is 1.13. The zero-order valence-electron chi connectivity index (χ0n) is 11.4. The van der Waals surface area contributed by atoms with Crippen LogP contribution in [0.3, 0.4) is 0 Å². The molecule has 1 aromatic carbocycles. The lowest BCUT2D eigenvalue weighted by Crippen LogP contribution is -2.18. The Morgan fingerprint density at radius 1 is 1.37 bits per heavy atom. The predicted molar refractivity (Wildman–Crippen MR) is 72.1 cm³/mol. The lowest BCUT2D eigenvalue weighted by Gasteiger charge is -2.16. The van der Waals surface area contributed by atoms with Gasteiger partial charge in [-0.15, -0.1) is 0 Å². The van der Waals surface area contributed by atoms with Crippen molar-refractivity contribution >= 4 is 6.29 Å². The van der Waals surface area contributed by atoms with E-state index in [0.29, 0.717) is 36.4 Å². The van der Waals surface area contributed by atoms with Crippen LogP contribution in [0.2, 0.25) is 0 Å². The third kappa shape index (κ3) is 3.47. The first-order valence-electron chi connectivity index (χ1n) is 6.73. The average molecular weight is 264 g/mol. The van der Waals surface area contributed by atoms with E-state index in [9.17, 15) is 4.79 Å². The van der Waals surface area contributed by atoms with Gasteiger partial charge in [0.1, 0.15) is 6.61 Å². The fraction of sp³-hybridized carbons (Fsp3) is 0.533. The standard InChI is InChI=1S/C15H20O4/c1-3-17-14-6-4-5-12(9-16)15(14)18-10-13-8-7-11(2)19-13/h4-6,9,11,13H,3,7-8,10H2,1-2H3. The Morgan fingerprint density at radius 2 is 2.21 bits per heavy atom. The van der Waals surface area contributed by atoms with Crippen LogP contribution in [-0.2, 0) is 4.74 Å². The van der Waals surface area contributed by atoms with Crippen molar-refractivity contribution in [2.75, 3.05) is 13.2 Å². The normalized spacial score (nSPS) is 22.2. The van der Waals surface area contributed by atoms with E-state index in [1.807, 2.05) is 13.0 Å². The second kappa shape index (κ2) is 6.57. The van der Waals surface area contributed by atoms with Gasteiger partial charge >= 0.3 is 0 Å². The molecule has 0 amide bonds. The van der Waals surface area contributed by atoms with E-state index >= 15 is 0 Å². The zero-order valence-corrected chi connectivity index (χ0v) is 11.4. The second-order valence-corrected chi connectivity index (χ2v) is 4.68. The summed E-state index contributed by atoms with van der Waals surface area (Å²) in [6.45, 7) is 4.95. The molecule has 0 spiro atoms. The van der Waals surface area contributed by atoms with Crippen molar-refractivity contribution in [2.24, 2.45) is 0 Å². The molecule has 19 heavy (non-hydrogen) atoms. The van der Waals surface area contributed by atoms with Gasteiger partial charge in [-0.25, -0.2) is 0 Å².